The number of nitrogens with one attached hydrogen (secondary N) is 2. The van der Waals surface area contributed by atoms with E-state index in [9.17, 15) is 4.79 Å². The largest absolute Gasteiger partial charge is 0.496 e. The number of hydrogen-bond donors (Lipinski definition) is 3. The van der Waals surface area contributed by atoms with Crippen LogP contribution in [0.2, 0.25) is 0 Å². The molecule has 1 aliphatic carbocycles. The molecule has 1 amide bonds. The Labute approximate surface area is 189 Å². The van der Waals surface area contributed by atoms with Crippen LogP contribution in [0.1, 0.15) is 31.4 Å². The van der Waals surface area contributed by atoms with Gasteiger partial charge in [0.05, 0.1) is 36.9 Å². The summed E-state index contributed by atoms with van der Waals surface area (Å²) in [5, 5.41) is 19.2. The average Bonchev–Trinajstić information content (AvgIpc) is 3.28. The molecule has 3 aromatic rings. The molecule has 0 spiro atoms. The number of methoxy groups -OCH3 is 1. The molecule has 4 N–H and O–H groups in total. The van der Waals surface area contributed by atoms with Crippen molar-refractivity contribution in [3.05, 3.63) is 42.4 Å². The van der Waals surface area contributed by atoms with Gasteiger partial charge in [-0.3, -0.25) is 5.10 Å². The molecule has 0 bridgehead atoms. The number of primary amides is 1. The van der Waals surface area contributed by atoms with Gasteiger partial charge in [0.25, 0.3) is 0 Å². The molecule has 1 saturated carbocycles. The van der Waals surface area contributed by atoms with Gasteiger partial charge in [-0.25, -0.2) is 14.8 Å². The van der Waals surface area contributed by atoms with E-state index >= 15 is 0 Å². The molecule has 0 saturated heterocycles. The summed E-state index contributed by atoms with van der Waals surface area (Å²) in [4.78, 5) is 19.1. The molecule has 11 heteroatoms. The van der Waals surface area contributed by atoms with Gasteiger partial charge in [0, 0.05) is 6.07 Å². The number of nitriles is 1. The number of benzene rings is 1. The van der Waals surface area contributed by atoms with Crippen molar-refractivity contribution in [2.45, 2.75) is 37.9 Å². The molecule has 0 radical (unpaired) electrons. The summed E-state index contributed by atoms with van der Waals surface area (Å²) in [6.45, 7) is 0. The van der Waals surface area contributed by atoms with Gasteiger partial charge in [-0.05, 0) is 37.8 Å². The van der Waals surface area contributed by atoms with E-state index < -0.39 is 6.09 Å². The zero-order valence-corrected chi connectivity index (χ0v) is 17.9. The number of amides is 1. The van der Waals surface area contributed by atoms with Crippen molar-refractivity contribution in [3.63, 3.8) is 0 Å². The third-order valence-corrected chi connectivity index (χ3v) is 5.28. The number of hydrogen-bond acceptors (Lipinski definition) is 9. The van der Waals surface area contributed by atoms with E-state index in [1.165, 1.54) is 12.4 Å². The minimum absolute atomic E-state index is 0.0296. The second-order valence-corrected chi connectivity index (χ2v) is 7.48. The van der Waals surface area contributed by atoms with Crippen LogP contribution in [0.5, 0.6) is 11.5 Å². The zero-order chi connectivity index (χ0) is 23.2. The normalized spacial score (nSPS) is 17.6. The molecular weight excluding hydrogens is 426 g/mol. The van der Waals surface area contributed by atoms with Gasteiger partial charge >= 0.3 is 6.09 Å². The van der Waals surface area contributed by atoms with Crippen LogP contribution in [0, 0.1) is 11.3 Å². The number of carbonyl (C=O) groups is 1. The number of rotatable bonds is 7. The summed E-state index contributed by atoms with van der Waals surface area (Å²) < 4.78 is 17.0. The SMILES string of the molecule is COc1cccc(OC2CCC(OC(N)=O)CC2)c1-c1cc(Nc2cnc(C#N)cn2)n[nH]1. The number of aromatic amines is 1. The van der Waals surface area contributed by atoms with E-state index in [-0.39, 0.29) is 17.9 Å². The first-order valence-corrected chi connectivity index (χ1v) is 10.4. The van der Waals surface area contributed by atoms with Crippen LogP contribution in [0.3, 0.4) is 0 Å². The van der Waals surface area contributed by atoms with E-state index in [0.717, 1.165) is 18.4 Å². The summed E-state index contributed by atoms with van der Waals surface area (Å²) in [6, 6.07) is 9.32. The molecule has 0 aliphatic heterocycles. The monoisotopic (exact) mass is 449 g/mol. The summed E-state index contributed by atoms with van der Waals surface area (Å²) in [6.07, 6.45) is 4.76. The van der Waals surface area contributed by atoms with E-state index in [1.54, 1.807) is 7.11 Å². The number of H-pyrrole nitrogens is 1. The van der Waals surface area contributed by atoms with Crippen molar-refractivity contribution in [2.75, 3.05) is 12.4 Å². The lowest BCUT2D eigenvalue weighted by molar-refractivity contribution is 0.0471. The smallest absolute Gasteiger partial charge is 0.404 e. The van der Waals surface area contributed by atoms with E-state index in [1.807, 2.05) is 30.3 Å². The van der Waals surface area contributed by atoms with Gasteiger partial charge in [0.2, 0.25) is 0 Å². The maximum Gasteiger partial charge on any atom is 0.404 e. The molecule has 33 heavy (non-hydrogen) atoms. The zero-order valence-electron chi connectivity index (χ0n) is 17.9. The lowest BCUT2D eigenvalue weighted by Gasteiger charge is -2.29. The van der Waals surface area contributed by atoms with Crippen molar-refractivity contribution < 1.29 is 19.0 Å². The highest BCUT2D eigenvalue weighted by atomic mass is 16.6. The van der Waals surface area contributed by atoms with Crippen LogP contribution in [0.25, 0.3) is 11.3 Å². The minimum atomic E-state index is -0.745. The highest BCUT2D eigenvalue weighted by molar-refractivity contribution is 5.76. The van der Waals surface area contributed by atoms with Crippen LogP contribution in [-0.4, -0.2) is 45.6 Å². The Morgan fingerprint density at radius 2 is 1.91 bits per heavy atom. The van der Waals surface area contributed by atoms with Crippen molar-refractivity contribution in [1.29, 1.82) is 5.26 Å². The Morgan fingerprint density at radius 3 is 2.58 bits per heavy atom. The number of nitrogens with zero attached hydrogens (tertiary/aromatic N) is 4. The highest BCUT2D eigenvalue weighted by Gasteiger charge is 2.26. The number of anilines is 2. The molecule has 1 aromatic carbocycles. The van der Waals surface area contributed by atoms with Crippen LogP contribution in [0.15, 0.2) is 36.7 Å². The minimum Gasteiger partial charge on any atom is -0.496 e. The first kappa shape index (κ1) is 21.9. The first-order valence-electron chi connectivity index (χ1n) is 10.4. The Morgan fingerprint density at radius 1 is 1.15 bits per heavy atom. The van der Waals surface area contributed by atoms with Crippen molar-refractivity contribution >= 4 is 17.7 Å². The van der Waals surface area contributed by atoms with Gasteiger partial charge < -0.3 is 25.3 Å². The third kappa shape index (κ3) is 5.30. The fourth-order valence-corrected chi connectivity index (χ4v) is 3.75. The maximum absolute atomic E-state index is 11.0. The molecule has 1 fully saturated rings. The molecule has 2 aromatic heterocycles. The maximum atomic E-state index is 11.0. The van der Waals surface area contributed by atoms with Gasteiger partial charge in [-0.2, -0.15) is 10.4 Å². The Balaban J connectivity index is 1.51. The first-order chi connectivity index (χ1) is 16.1. The van der Waals surface area contributed by atoms with Crippen LogP contribution < -0.4 is 20.5 Å². The van der Waals surface area contributed by atoms with E-state index in [0.29, 0.717) is 41.7 Å². The van der Waals surface area contributed by atoms with Gasteiger partial charge in [0.15, 0.2) is 11.5 Å². The van der Waals surface area contributed by atoms with E-state index in [4.69, 9.17) is 25.2 Å². The van der Waals surface area contributed by atoms with Gasteiger partial charge in [-0.15, -0.1) is 0 Å². The molecule has 2 heterocycles. The summed E-state index contributed by atoms with van der Waals surface area (Å²) >= 11 is 0. The van der Waals surface area contributed by atoms with Gasteiger partial charge in [-0.1, -0.05) is 6.07 Å². The second-order valence-electron chi connectivity index (χ2n) is 7.48. The molecule has 0 unspecified atom stereocenters. The Kier molecular flexibility index (Phi) is 6.54. The predicted molar refractivity (Wildman–Crippen MR) is 118 cm³/mol. The second kappa shape index (κ2) is 9.86. The van der Waals surface area contributed by atoms with Crippen molar-refractivity contribution in [1.82, 2.24) is 20.2 Å². The summed E-state index contributed by atoms with van der Waals surface area (Å²) in [5.74, 6) is 2.26. The Hall–Kier alpha value is -4.33. The molecule has 11 nitrogen and oxygen atoms in total. The average molecular weight is 449 g/mol. The topological polar surface area (TPSA) is 161 Å². The number of ether oxygens (including phenoxy) is 3. The third-order valence-electron chi connectivity index (χ3n) is 5.28. The van der Waals surface area contributed by atoms with Crippen molar-refractivity contribution in [3.8, 4) is 28.8 Å². The Bertz CT molecular complexity index is 1150. The lowest BCUT2D eigenvalue weighted by atomic mass is 9.95. The van der Waals surface area contributed by atoms with Crippen LogP contribution in [-0.2, 0) is 4.74 Å². The quantitative estimate of drug-likeness (QED) is 0.491. The predicted octanol–water partition coefficient (Wildman–Crippen LogP) is 3.28. The highest BCUT2D eigenvalue weighted by Crippen LogP contribution is 2.40. The van der Waals surface area contributed by atoms with E-state index in [2.05, 4.69) is 25.5 Å². The number of nitrogens with two attached hydrogens (primary N) is 1. The fourth-order valence-electron chi connectivity index (χ4n) is 3.75. The van der Waals surface area contributed by atoms with Gasteiger partial charge in [0.1, 0.15) is 29.5 Å². The molecule has 0 atom stereocenters. The lowest BCUT2D eigenvalue weighted by Crippen LogP contribution is -2.31. The van der Waals surface area contributed by atoms with Crippen molar-refractivity contribution in [2.24, 2.45) is 5.73 Å². The fraction of sp³-hybridized carbons (Fsp3) is 0.318. The van der Waals surface area contributed by atoms with Crippen LogP contribution >= 0.6 is 0 Å². The standard InChI is InChI=1S/C22H23N7O4/c1-31-17-3-2-4-18(32-14-5-7-15(8-6-14)33-22(24)30)21(17)16-9-19(29-28-16)27-20-12-25-13(10-23)11-26-20/h2-4,9,11-12,14-15H,5-8H2,1H3,(H2,24,30)(H2,26,27,28,29). The molecule has 170 valence electrons. The van der Waals surface area contributed by atoms with Crippen LogP contribution in [0.4, 0.5) is 16.4 Å². The number of aromatic nitrogens is 4. The molecular formula is C22H23N7O4. The summed E-state index contributed by atoms with van der Waals surface area (Å²) in [5.41, 5.74) is 6.78. The summed E-state index contributed by atoms with van der Waals surface area (Å²) in [7, 11) is 1.59. The molecule has 4 rings (SSSR count). The number of carbonyl (C=O) groups excluding carboxylic acids is 1. The molecule has 1 aliphatic rings.